The summed E-state index contributed by atoms with van der Waals surface area (Å²) in [6, 6.07) is 1.61. The molecular weight excluding hydrogens is 192 g/mol. The fraction of sp³-hybridized carbons (Fsp3) is 1.00. The van der Waals surface area contributed by atoms with Crippen molar-refractivity contribution in [2.24, 2.45) is 0 Å². The minimum absolute atomic E-state index is 0.793. The lowest BCUT2D eigenvalue weighted by Crippen LogP contribution is -2.47. The van der Waals surface area contributed by atoms with Gasteiger partial charge >= 0.3 is 0 Å². The number of thioether (sulfide) groups is 1. The minimum atomic E-state index is 0.793. The normalized spacial score (nSPS) is 39.2. The van der Waals surface area contributed by atoms with Gasteiger partial charge < -0.3 is 5.32 Å². The van der Waals surface area contributed by atoms with E-state index in [0.717, 1.165) is 17.3 Å². The van der Waals surface area contributed by atoms with Gasteiger partial charge in [0.05, 0.1) is 0 Å². The molecule has 2 nitrogen and oxygen atoms in total. The quantitative estimate of drug-likeness (QED) is 0.751. The zero-order valence-corrected chi connectivity index (χ0v) is 10.1. The standard InChI is InChI=1S/C11H22N2S/c1-9-11(4-3-7-14-9)13(2)10-5-6-12-8-10/h9-12H,3-8H2,1-2H3. The third-order valence-electron chi connectivity index (χ3n) is 3.70. The maximum Gasteiger partial charge on any atom is 0.0233 e. The van der Waals surface area contributed by atoms with Gasteiger partial charge in [-0.15, -0.1) is 0 Å². The van der Waals surface area contributed by atoms with Gasteiger partial charge in [0.25, 0.3) is 0 Å². The van der Waals surface area contributed by atoms with E-state index in [1.165, 1.54) is 38.1 Å². The van der Waals surface area contributed by atoms with Crippen molar-refractivity contribution in [3.8, 4) is 0 Å². The van der Waals surface area contributed by atoms with Crippen LogP contribution >= 0.6 is 11.8 Å². The number of hydrogen-bond donors (Lipinski definition) is 1. The summed E-state index contributed by atoms with van der Waals surface area (Å²) in [6.45, 7) is 4.81. The monoisotopic (exact) mass is 214 g/mol. The molecule has 0 aliphatic carbocycles. The summed E-state index contributed by atoms with van der Waals surface area (Å²) in [4.78, 5) is 2.64. The summed E-state index contributed by atoms with van der Waals surface area (Å²) in [5, 5.41) is 4.29. The fourth-order valence-corrected chi connectivity index (χ4v) is 3.96. The first-order valence-corrected chi connectivity index (χ1v) is 6.88. The van der Waals surface area contributed by atoms with Crippen molar-refractivity contribution in [2.45, 2.75) is 43.5 Å². The molecule has 3 heteroatoms. The second kappa shape index (κ2) is 4.86. The van der Waals surface area contributed by atoms with Crippen LogP contribution in [0, 0.1) is 0 Å². The third kappa shape index (κ3) is 2.26. The zero-order valence-electron chi connectivity index (χ0n) is 9.33. The van der Waals surface area contributed by atoms with Crippen LogP contribution in [0.5, 0.6) is 0 Å². The molecule has 14 heavy (non-hydrogen) atoms. The largest absolute Gasteiger partial charge is 0.315 e. The van der Waals surface area contributed by atoms with E-state index >= 15 is 0 Å². The second-order valence-electron chi connectivity index (χ2n) is 4.60. The SMILES string of the molecule is CC1SCCCC1N(C)C1CCNC1. The molecule has 3 atom stereocenters. The van der Waals surface area contributed by atoms with Crippen LogP contribution in [0.4, 0.5) is 0 Å². The fourth-order valence-electron chi connectivity index (χ4n) is 2.70. The molecule has 2 heterocycles. The van der Waals surface area contributed by atoms with Gasteiger partial charge in [-0.25, -0.2) is 0 Å². The van der Waals surface area contributed by atoms with Crippen molar-refractivity contribution in [3.05, 3.63) is 0 Å². The van der Waals surface area contributed by atoms with Crippen molar-refractivity contribution in [1.82, 2.24) is 10.2 Å². The van der Waals surface area contributed by atoms with Crippen molar-refractivity contribution in [3.63, 3.8) is 0 Å². The highest BCUT2D eigenvalue weighted by atomic mass is 32.2. The van der Waals surface area contributed by atoms with Crippen LogP contribution in [0.15, 0.2) is 0 Å². The molecule has 0 radical (unpaired) electrons. The highest BCUT2D eigenvalue weighted by Crippen LogP contribution is 2.29. The number of hydrogen-bond acceptors (Lipinski definition) is 3. The molecule has 2 fully saturated rings. The summed E-state index contributed by atoms with van der Waals surface area (Å²) in [5.41, 5.74) is 0. The lowest BCUT2D eigenvalue weighted by atomic mass is 10.0. The first-order valence-electron chi connectivity index (χ1n) is 5.83. The summed E-state index contributed by atoms with van der Waals surface area (Å²) in [7, 11) is 2.32. The lowest BCUT2D eigenvalue weighted by Gasteiger charge is -2.39. The Balaban J connectivity index is 1.91. The minimum Gasteiger partial charge on any atom is -0.315 e. The van der Waals surface area contributed by atoms with E-state index in [0.29, 0.717) is 0 Å². The highest BCUT2D eigenvalue weighted by Gasteiger charge is 2.30. The predicted molar refractivity (Wildman–Crippen MR) is 64.0 cm³/mol. The van der Waals surface area contributed by atoms with Crippen LogP contribution < -0.4 is 5.32 Å². The van der Waals surface area contributed by atoms with Crippen molar-refractivity contribution in [1.29, 1.82) is 0 Å². The van der Waals surface area contributed by atoms with E-state index < -0.39 is 0 Å². The average Bonchev–Trinajstić information content (AvgIpc) is 2.70. The molecule has 2 aliphatic heterocycles. The van der Waals surface area contributed by atoms with E-state index in [2.05, 4.69) is 35.9 Å². The van der Waals surface area contributed by atoms with Crippen molar-refractivity contribution >= 4 is 11.8 Å². The molecular formula is C11H22N2S. The van der Waals surface area contributed by atoms with Gasteiger partial charge in [0.1, 0.15) is 0 Å². The van der Waals surface area contributed by atoms with Gasteiger partial charge in [0.2, 0.25) is 0 Å². The van der Waals surface area contributed by atoms with Crippen molar-refractivity contribution < 1.29 is 0 Å². The van der Waals surface area contributed by atoms with Crippen LogP contribution in [0.3, 0.4) is 0 Å². The predicted octanol–water partition coefficient (Wildman–Crippen LogP) is 1.56. The zero-order chi connectivity index (χ0) is 9.97. The van der Waals surface area contributed by atoms with Crippen molar-refractivity contribution in [2.75, 3.05) is 25.9 Å². The van der Waals surface area contributed by atoms with Gasteiger partial charge in [0.15, 0.2) is 0 Å². The Morgan fingerprint density at radius 2 is 2.21 bits per heavy atom. The van der Waals surface area contributed by atoms with Crippen LogP contribution in [-0.2, 0) is 0 Å². The topological polar surface area (TPSA) is 15.3 Å². The van der Waals surface area contributed by atoms with E-state index in [-0.39, 0.29) is 0 Å². The molecule has 0 amide bonds. The van der Waals surface area contributed by atoms with Crippen LogP contribution in [0.25, 0.3) is 0 Å². The maximum absolute atomic E-state index is 3.46. The molecule has 0 aromatic heterocycles. The van der Waals surface area contributed by atoms with Gasteiger partial charge in [-0.3, -0.25) is 4.90 Å². The van der Waals surface area contributed by atoms with Crippen LogP contribution in [-0.4, -0.2) is 48.1 Å². The maximum atomic E-state index is 3.46. The Bertz CT molecular complexity index is 180. The smallest absolute Gasteiger partial charge is 0.0233 e. The molecule has 0 saturated carbocycles. The van der Waals surface area contributed by atoms with Gasteiger partial charge in [-0.1, -0.05) is 6.92 Å². The summed E-state index contributed by atoms with van der Waals surface area (Å²) in [5.74, 6) is 1.37. The van der Waals surface area contributed by atoms with Gasteiger partial charge in [0, 0.05) is 23.9 Å². The van der Waals surface area contributed by atoms with E-state index in [9.17, 15) is 0 Å². The first kappa shape index (κ1) is 10.8. The molecule has 0 spiro atoms. The third-order valence-corrected chi connectivity index (χ3v) is 5.06. The van der Waals surface area contributed by atoms with E-state index in [1.54, 1.807) is 0 Å². The number of rotatable bonds is 2. The number of nitrogens with one attached hydrogen (secondary N) is 1. The molecule has 82 valence electrons. The molecule has 0 bridgehead atoms. The summed E-state index contributed by atoms with van der Waals surface area (Å²) in [6.07, 6.45) is 4.15. The number of likely N-dealkylation sites (N-methyl/N-ethyl adjacent to an activating group) is 1. The first-order chi connectivity index (χ1) is 6.79. The van der Waals surface area contributed by atoms with E-state index in [4.69, 9.17) is 0 Å². The molecule has 1 N–H and O–H groups in total. The molecule has 2 rings (SSSR count). The van der Waals surface area contributed by atoms with Crippen LogP contribution in [0.2, 0.25) is 0 Å². The molecule has 2 aliphatic rings. The Hall–Kier alpha value is 0.270. The van der Waals surface area contributed by atoms with E-state index in [1.807, 2.05) is 0 Å². The average molecular weight is 214 g/mol. The van der Waals surface area contributed by atoms with Gasteiger partial charge in [-0.2, -0.15) is 11.8 Å². The Morgan fingerprint density at radius 3 is 2.86 bits per heavy atom. The lowest BCUT2D eigenvalue weighted by molar-refractivity contribution is 0.170. The molecule has 2 saturated heterocycles. The molecule has 0 aromatic rings. The summed E-state index contributed by atoms with van der Waals surface area (Å²) < 4.78 is 0. The number of nitrogens with zero attached hydrogens (tertiary/aromatic N) is 1. The molecule has 3 unspecified atom stereocenters. The Labute approximate surface area is 91.8 Å². The second-order valence-corrected chi connectivity index (χ2v) is 6.08. The highest BCUT2D eigenvalue weighted by molar-refractivity contribution is 7.99. The van der Waals surface area contributed by atoms with Crippen LogP contribution in [0.1, 0.15) is 26.2 Å². The Morgan fingerprint density at radius 1 is 1.36 bits per heavy atom. The van der Waals surface area contributed by atoms with Gasteiger partial charge in [-0.05, 0) is 38.6 Å². The molecule has 0 aromatic carbocycles. The Kier molecular flexibility index (Phi) is 3.74. The summed E-state index contributed by atoms with van der Waals surface area (Å²) >= 11 is 2.15.